The van der Waals surface area contributed by atoms with Crippen molar-refractivity contribution in [2.75, 3.05) is 23.8 Å². The first-order valence-corrected chi connectivity index (χ1v) is 11.9. The van der Waals surface area contributed by atoms with Crippen LogP contribution in [0.5, 0.6) is 0 Å². The van der Waals surface area contributed by atoms with E-state index in [1.54, 1.807) is 26.0 Å². The van der Waals surface area contributed by atoms with E-state index in [4.69, 9.17) is 4.42 Å². The Labute approximate surface area is 220 Å². The van der Waals surface area contributed by atoms with Crippen LogP contribution in [0, 0.1) is 0 Å². The van der Waals surface area contributed by atoms with Gasteiger partial charge in [-0.1, -0.05) is 30.3 Å². The number of aromatic nitrogens is 4. The highest BCUT2D eigenvalue weighted by Gasteiger charge is 2.47. The molecule has 202 valence electrons. The summed E-state index contributed by atoms with van der Waals surface area (Å²) in [7, 11) is 0. The maximum atomic E-state index is 13.2. The fourth-order valence-electron chi connectivity index (χ4n) is 4.52. The van der Waals surface area contributed by atoms with Gasteiger partial charge in [-0.05, 0) is 43.2 Å². The van der Waals surface area contributed by atoms with Crippen LogP contribution in [0.4, 0.5) is 30.6 Å². The van der Waals surface area contributed by atoms with E-state index >= 15 is 0 Å². The summed E-state index contributed by atoms with van der Waals surface area (Å²) in [6.45, 7) is 1.56. The van der Waals surface area contributed by atoms with Crippen LogP contribution >= 0.6 is 0 Å². The van der Waals surface area contributed by atoms with Gasteiger partial charge in [-0.3, -0.25) is 4.79 Å². The molecule has 1 aliphatic rings. The Hall–Kier alpha value is -4.52. The molecule has 0 aliphatic carbocycles. The largest absolute Gasteiger partial charge is 0.423 e. The molecule has 1 amide bonds. The molecule has 1 atom stereocenters. The first kappa shape index (κ1) is 26.1. The quantitative estimate of drug-likeness (QED) is 0.293. The lowest BCUT2D eigenvalue weighted by molar-refractivity contribution is -0.149. The molecule has 5 rings (SSSR count). The molecule has 0 bridgehead atoms. The van der Waals surface area contributed by atoms with Crippen molar-refractivity contribution in [2.45, 2.75) is 31.6 Å². The van der Waals surface area contributed by atoms with E-state index in [1.165, 1.54) is 18.7 Å². The van der Waals surface area contributed by atoms with E-state index in [0.29, 0.717) is 22.6 Å². The van der Waals surface area contributed by atoms with Gasteiger partial charge in [-0.25, -0.2) is 4.98 Å². The number of nitrogens with zero attached hydrogens (tertiary/aromatic N) is 5. The number of benzene rings is 2. The van der Waals surface area contributed by atoms with Crippen molar-refractivity contribution < 1.29 is 27.5 Å². The molecule has 2 aromatic carbocycles. The number of amides is 1. The Morgan fingerprint density at radius 3 is 2.56 bits per heavy atom. The molecule has 0 fully saturated rings. The van der Waals surface area contributed by atoms with E-state index in [-0.39, 0.29) is 24.0 Å². The Kier molecular flexibility index (Phi) is 6.68. The fraction of sp³-hybridized carbons (Fsp3) is 0.269. The van der Waals surface area contributed by atoms with Crippen molar-refractivity contribution in [3.05, 3.63) is 77.8 Å². The number of hydrogen-bond donors (Lipinski definition) is 3. The second kappa shape index (κ2) is 9.98. The number of anilines is 3. The number of carbonyl (C=O) groups is 1. The summed E-state index contributed by atoms with van der Waals surface area (Å²) in [6.07, 6.45) is -1.89. The van der Waals surface area contributed by atoms with Crippen LogP contribution in [-0.2, 0) is 5.54 Å². The van der Waals surface area contributed by atoms with E-state index < -0.39 is 30.2 Å². The fourth-order valence-corrected chi connectivity index (χ4v) is 4.52. The minimum Gasteiger partial charge on any atom is -0.423 e. The number of hydrogen-bond acceptors (Lipinski definition) is 9. The average molecular weight is 540 g/mol. The molecule has 0 radical (unpaired) electrons. The lowest BCUT2D eigenvalue weighted by Gasteiger charge is -2.33. The van der Waals surface area contributed by atoms with Crippen LogP contribution in [0.2, 0.25) is 0 Å². The molecule has 1 aliphatic heterocycles. The van der Waals surface area contributed by atoms with Crippen LogP contribution in [0.25, 0.3) is 11.5 Å². The van der Waals surface area contributed by atoms with Gasteiger partial charge in [0.15, 0.2) is 0 Å². The molecular weight excluding hydrogens is 515 g/mol. The number of halogens is 3. The molecule has 3 heterocycles. The Balaban J connectivity index is 1.46. The van der Waals surface area contributed by atoms with Crippen molar-refractivity contribution in [3.63, 3.8) is 0 Å². The highest BCUT2D eigenvalue weighted by molar-refractivity contribution is 6.00. The standard InChI is InChI=1S/C26H24F3N7O3/c1-25(2)19-10-16(8-9-17(19)23(38)36(25)13-26(27,28)29)32-24-30-11-18(22-35-31-14-39-22)21(34-24)33-20(12-37)15-6-4-3-5-7-15/h3-11,14,20,37H,12-13H2,1-2H3,(H2,30,32,33,34)/t20-/m1/s1. The molecule has 0 unspecified atom stereocenters. The maximum absolute atomic E-state index is 13.2. The normalized spacial score (nSPS) is 15.2. The van der Waals surface area contributed by atoms with E-state index in [9.17, 15) is 23.1 Å². The Morgan fingerprint density at radius 2 is 1.90 bits per heavy atom. The number of nitrogens with one attached hydrogen (secondary N) is 2. The summed E-state index contributed by atoms with van der Waals surface area (Å²) in [6, 6.07) is 13.4. The zero-order chi connectivity index (χ0) is 27.8. The van der Waals surface area contributed by atoms with Crippen molar-refractivity contribution in [2.24, 2.45) is 0 Å². The molecule has 3 N–H and O–H groups in total. The molecular formula is C26H24F3N7O3. The number of rotatable bonds is 8. The summed E-state index contributed by atoms with van der Waals surface area (Å²) in [4.78, 5) is 22.4. The summed E-state index contributed by atoms with van der Waals surface area (Å²) < 4.78 is 44.8. The van der Waals surface area contributed by atoms with Gasteiger partial charge in [0.25, 0.3) is 11.8 Å². The summed E-state index contributed by atoms with van der Waals surface area (Å²) in [5, 5.41) is 23.9. The van der Waals surface area contributed by atoms with Gasteiger partial charge in [0.05, 0.1) is 23.8 Å². The SMILES string of the molecule is CC1(C)c2cc(Nc3ncc(-c4nnco4)c(N[C@H](CO)c4ccccc4)n3)ccc2C(=O)N1CC(F)(F)F. The van der Waals surface area contributed by atoms with Crippen molar-refractivity contribution in [3.8, 4) is 11.5 Å². The number of carbonyl (C=O) groups excluding carboxylic acids is 1. The second-order valence-corrected chi connectivity index (χ2v) is 9.44. The molecule has 39 heavy (non-hydrogen) atoms. The number of aliphatic hydroxyl groups is 1. The van der Waals surface area contributed by atoms with Crippen LogP contribution in [0.3, 0.4) is 0 Å². The molecule has 13 heteroatoms. The predicted octanol–water partition coefficient (Wildman–Crippen LogP) is 4.67. The van der Waals surface area contributed by atoms with Gasteiger partial charge in [0.1, 0.15) is 12.4 Å². The lowest BCUT2D eigenvalue weighted by Crippen LogP contribution is -2.44. The molecule has 0 saturated heterocycles. The van der Waals surface area contributed by atoms with Crippen LogP contribution < -0.4 is 10.6 Å². The zero-order valence-electron chi connectivity index (χ0n) is 20.9. The van der Waals surface area contributed by atoms with Crippen molar-refractivity contribution >= 4 is 23.4 Å². The highest BCUT2D eigenvalue weighted by atomic mass is 19.4. The molecule has 0 spiro atoms. The lowest BCUT2D eigenvalue weighted by atomic mass is 9.93. The third-order valence-electron chi connectivity index (χ3n) is 6.50. The molecule has 2 aromatic heterocycles. The van der Waals surface area contributed by atoms with Crippen LogP contribution in [-0.4, -0.2) is 55.4 Å². The Bertz CT molecular complexity index is 1480. The molecule has 10 nitrogen and oxygen atoms in total. The number of alkyl halides is 3. The summed E-state index contributed by atoms with van der Waals surface area (Å²) >= 11 is 0. The number of aliphatic hydroxyl groups excluding tert-OH is 1. The highest BCUT2D eigenvalue weighted by Crippen LogP contribution is 2.41. The van der Waals surface area contributed by atoms with Gasteiger partial charge in [-0.15, -0.1) is 10.2 Å². The Morgan fingerprint density at radius 1 is 1.13 bits per heavy atom. The minimum absolute atomic E-state index is 0.153. The van der Waals surface area contributed by atoms with Crippen molar-refractivity contribution in [1.29, 1.82) is 0 Å². The second-order valence-electron chi connectivity index (χ2n) is 9.44. The first-order chi connectivity index (χ1) is 18.6. The zero-order valence-corrected chi connectivity index (χ0v) is 20.9. The average Bonchev–Trinajstić information content (AvgIpc) is 3.50. The third kappa shape index (κ3) is 5.25. The van der Waals surface area contributed by atoms with Crippen molar-refractivity contribution in [1.82, 2.24) is 25.1 Å². The minimum atomic E-state index is -4.53. The van der Waals surface area contributed by atoms with Gasteiger partial charge in [-0.2, -0.15) is 18.2 Å². The number of fused-ring (bicyclic) bond motifs is 1. The summed E-state index contributed by atoms with van der Waals surface area (Å²) in [5.74, 6) is -0.0646. The third-order valence-corrected chi connectivity index (χ3v) is 6.50. The van der Waals surface area contributed by atoms with Crippen LogP contribution in [0.15, 0.2) is 65.5 Å². The molecule has 4 aromatic rings. The predicted molar refractivity (Wildman–Crippen MR) is 135 cm³/mol. The van der Waals surface area contributed by atoms with Crippen LogP contribution in [0.1, 0.15) is 41.4 Å². The van der Waals surface area contributed by atoms with E-state index in [0.717, 1.165) is 10.5 Å². The van der Waals surface area contributed by atoms with Gasteiger partial charge in [0.2, 0.25) is 12.3 Å². The smallest absolute Gasteiger partial charge is 0.406 e. The van der Waals surface area contributed by atoms with E-state index in [1.807, 2.05) is 30.3 Å². The maximum Gasteiger partial charge on any atom is 0.406 e. The summed E-state index contributed by atoms with van der Waals surface area (Å²) in [5.41, 5.74) is 1.17. The molecule has 0 saturated carbocycles. The topological polar surface area (TPSA) is 129 Å². The van der Waals surface area contributed by atoms with E-state index in [2.05, 4.69) is 30.8 Å². The van der Waals surface area contributed by atoms with Gasteiger partial charge in [0, 0.05) is 17.4 Å². The van der Waals surface area contributed by atoms with Gasteiger partial charge < -0.3 is 25.1 Å². The monoisotopic (exact) mass is 539 g/mol. The first-order valence-electron chi connectivity index (χ1n) is 11.9. The van der Waals surface area contributed by atoms with Gasteiger partial charge >= 0.3 is 6.18 Å².